The van der Waals surface area contributed by atoms with Gasteiger partial charge in [-0.05, 0) is 24.3 Å². The molecule has 1 aromatic heterocycles. The minimum absolute atomic E-state index is 0.121. The molecule has 0 amide bonds. The highest BCUT2D eigenvalue weighted by Gasteiger charge is 2.15. The number of nitrogens with two attached hydrogens (primary N) is 1. The Morgan fingerprint density at radius 2 is 1.52 bits per heavy atom. The molecule has 112 valence electrons. The molecule has 3 rings (SSSR count). The lowest BCUT2D eigenvalue weighted by Crippen LogP contribution is -2.03. The lowest BCUT2D eigenvalue weighted by atomic mass is 10.0. The first-order valence-corrected chi connectivity index (χ1v) is 7.00. The summed E-state index contributed by atoms with van der Waals surface area (Å²) in [4.78, 5) is 8.80. The van der Waals surface area contributed by atoms with Crippen molar-refractivity contribution in [1.82, 2.24) is 9.97 Å². The van der Waals surface area contributed by atoms with E-state index >= 15 is 0 Å². The summed E-state index contributed by atoms with van der Waals surface area (Å²) < 4.78 is 5.18. The number of rotatable bonds is 3. The molecule has 23 heavy (non-hydrogen) atoms. The summed E-state index contributed by atoms with van der Waals surface area (Å²) in [6.07, 6.45) is 0. The Balaban J connectivity index is 2.22. The smallest absolute Gasteiger partial charge is 0.183 e. The molecule has 0 aliphatic carbocycles. The minimum Gasteiger partial charge on any atom is -0.497 e. The molecular formula is C18H14N4O. The highest BCUT2D eigenvalue weighted by Crippen LogP contribution is 2.31. The van der Waals surface area contributed by atoms with Gasteiger partial charge in [0.15, 0.2) is 11.5 Å². The van der Waals surface area contributed by atoms with Gasteiger partial charge in [0.25, 0.3) is 0 Å². The number of methoxy groups -OCH3 is 1. The fourth-order valence-corrected chi connectivity index (χ4v) is 2.28. The van der Waals surface area contributed by atoms with Gasteiger partial charge in [-0.1, -0.05) is 30.3 Å². The van der Waals surface area contributed by atoms with E-state index < -0.39 is 0 Å². The molecule has 0 aliphatic rings. The lowest BCUT2D eigenvalue weighted by molar-refractivity contribution is 0.415. The topological polar surface area (TPSA) is 84.8 Å². The number of anilines is 1. The Bertz CT molecular complexity index is 868. The van der Waals surface area contributed by atoms with Crippen LogP contribution < -0.4 is 10.5 Å². The number of nitrogens with zero attached hydrogens (tertiary/aromatic N) is 3. The van der Waals surface area contributed by atoms with Crippen molar-refractivity contribution in [3.63, 3.8) is 0 Å². The molecule has 0 fully saturated rings. The molecule has 0 unspecified atom stereocenters. The normalized spacial score (nSPS) is 10.1. The maximum absolute atomic E-state index is 9.18. The average Bonchev–Trinajstić information content (AvgIpc) is 2.62. The molecule has 2 aromatic carbocycles. The van der Waals surface area contributed by atoms with Crippen LogP contribution in [0.4, 0.5) is 5.82 Å². The SMILES string of the molecule is COc1ccc(-c2nc(C#N)c(N)nc2-c2ccccc2)cc1. The maximum Gasteiger partial charge on any atom is 0.183 e. The summed E-state index contributed by atoms with van der Waals surface area (Å²) in [6, 6.07) is 19.1. The van der Waals surface area contributed by atoms with Crippen LogP contribution in [-0.2, 0) is 0 Å². The van der Waals surface area contributed by atoms with Gasteiger partial charge in [-0.2, -0.15) is 5.26 Å². The largest absolute Gasteiger partial charge is 0.497 e. The van der Waals surface area contributed by atoms with Gasteiger partial charge in [-0.15, -0.1) is 0 Å². The van der Waals surface area contributed by atoms with Crippen molar-refractivity contribution in [3.05, 3.63) is 60.3 Å². The molecule has 0 saturated heterocycles. The average molecular weight is 302 g/mol. The van der Waals surface area contributed by atoms with Crippen molar-refractivity contribution < 1.29 is 4.74 Å². The van der Waals surface area contributed by atoms with Gasteiger partial charge in [-0.25, -0.2) is 9.97 Å². The third kappa shape index (κ3) is 2.83. The van der Waals surface area contributed by atoms with Crippen molar-refractivity contribution in [2.24, 2.45) is 0 Å². The zero-order valence-electron chi connectivity index (χ0n) is 12.5. The standard InChI is InChI=1S/C18H14N4O/c1-23-14-9-7-13(8-10-14)16-17(12-5-3-2-4-6-12)22-18(20)15(11-19)21-16/h2-10H,1H3,(H2,20,22). The van der Waals surface area contributed by atoms with Gasteiger partial charge >= 0.3 is 0 Å². The molecule has 0 saturated carbocycles. The highest BCUT2D eigenvalue weighted by molar-refractivity contribution is 5.79. The summed E-state index contributed by atoms with van der Waals surface area (Å²) in [5.41, 5.74) is 8.96. The first-order chi connectivity index (χ1) is 11.2. The molecule has 2 N–H and O–H groups in total. The monoisotopic (exact) mass is 302 g/mol. The van der Waals surface area contributed by atoms with E-state index in [-0.39, 0.29) is 11.5 Å². The van der Waals surface area contributed by atoms with Gasteiger partial charge in [-0.3, -0.25) is 0 Å². The summed E-state index contributed by atoms with van der Waals surface area (Å²) in [5, 5.41) is 9.18. The second kappa shape index (κ2) is 6.16. The second-order valence-corrected chi connectivity index (χ2v) is 4.86. The third-order valence-corrected chi connectivity index (χ3v) is 3.44. The Hall–Kier alpha value is -3.39. The number of nitrogen functional groups attached to an aromatic ring is 1. The molecule has 5 heteroatoms. The van der Waals surface area contributed by atoms with Crippen LogP contribution in [0.15, 0.2) is 54.6 Å². The maximum atomic E-state index is 9.18. The van der Waals surface area contributed by atoms with Crippen molar-refractivity contribution in [2.45, 2.75) is 0 Å². The summed E-state index contributed by atoms with van der Waals surface area (Å²) >= 11 is 0. The molecule has 3 aromatic rings. The number of aromatic nitrogens is 2. The summed E-state index contributed by atoms with van der Waals surface area (Å²) in [5.74, 6) is 0.877. The quantitative estimate of drug-likeness (QED) is 0.802. The van der Waals surface area contributed by atoms with E-state index in [0.717, 1.165) is 16.9 Å². The van der Waals surface area contributed by atoms with Gasteiger partial charge in [0, 0.05) is 11.1 Å². The first kappa shape index (κ1) is 14.5. The lowest BCUT2D eigenvalue weighted by Gasteiger charge is -2.11. The van der Waals surface area contributed by atoms with E-state index in [1.807, 2.05) is 60.7 Å². The predicted molar refractivity (Wildman–Crippen MR) is 88.6 cm³/mol. The van der Waals surface area contributed by atoms with Gasteiger partial charge in [0.05, 0.1) is 18.5 Å². The Kier molecular flexibility index (Phi) is 3.89. The van der Waals surface area contributed by atoms with E-state index in [1.165, 1.54) is 0 Å². The molecular weight excluding hydrogens is 288 g/mol. The number of ether oxygens (including phenoxy) is 1. The van der Waals surface area contributed by atoms with Crippen LogP contribution in [0.3, 0.4) is 0 Å². The van der Waals surface area contributed by atoms with Crippen molar-refractivity contribution in [1.29, 1.82) is 5.26 Å². The van der Waals surface area contributed by atoms with Crippen molar-refractivity contribution in [2.75, 3.05) is 12.8 Å². The zero-order chi connectivity index (χ0) is 16.2. The number of hydrogen-bond acceptors (Lipinski definition) is 5. The fourth-order valence-electron chi connectivity index (χ4n) is 2.28. The Morgan fingerprint density at radius 1 is 0.913 bits per heavy atom. The number of nitriles is 1. The van der Waals surface area contributed by atoms with Gasteiger partial charge < -0.3 is 10.5 Å². The van der Waals surface area contributed by atoms with Crippen molar-refractivity contribution in [3.8, 4) is 34.3 Å². The molecule has 0 atom stereocenters. The van der Waals surface area contributed by atoms with Crippen LogP contribution in [0.2, 0.25) is 0 Å². The molecule has 0 aliphatic heterocycles. The van der Waals surface area contributed by atoms with Crippen molar-refractivity contribution >= 4 is 5.82 Å². The van der Waals surface area contributed by atoms with Crippen LogP contribution in [0.25, 0.3) is 22.5 Å². The zero-order valence-corrected chi connectivity index (χ0v) is 12.5. The van der Waals surface area contributed by atoms with Crippen LogP contribution >= 0.6 is 0 Å². The second-order valence-electron chi connectivity index (χ2n) is 4.86. The Morgan fingerprint density at radius 3 is 2.13 bits per heavy atom. The van der Waals surface area contributed by atoms with Crippen LogP contribution in [0.1, 0.15) is 5.69 Å². The van der Waals surface area contributed by atoms with Gasteiger partial charge in [0.1, 0.15) is 11.8 Å². The third-order valence-electron chi connectivity index (χ3n) is 3.44. The van der Waals surface area contributed by atoms with Gasteiger partial charge in [0.2, 0.25) is 0 Å². The first-order valence-electron chi connectivity index (χ1n) is 7.00. The van der Waals surface area contributed by atoms with Crippen LogP contribution in [0, 0.1) is 11.3 Å². The molecule has 0 bridgehead atoms. The van der Waals surface area contributed by atoms with E-state index in [4.69, 9.17) is 10.5 Å². The number of benzene rings is 2. The Labute approximate surface area is 134 Å². The van der Waals surface area contributed by atoms with E-state index in [1.54, 1.807) is 7.11 Å². The molecule has 1 heterocycles. The summed E-state index contributed by atoms with van der Waals surface area (Å²) in [6.45, 7) is 0. The molecule has 0 spiro atoms. The van der Waals surface area contributed by atoms with Crippen LogP contribution in [-0.4, -0.2) is 17.1 Å². The van der Waals surface area contributed by atoms with Crippen LogP contribution in [0.5, 0.6) is 5.75 Å². The minimum atomic E-state index is 0.121. The highest BCUT2D eigenvalue weighted by atomic mass is 16.5. The van der Waals surface area contributed by atoms with E-state index in [9.17, 15) is 5.26 Å². The van der Waals surface area contributed by atoms with E-state index in [2.05, 4.69) is 9.97 Å². The number of hydrogen-bond donors (Lipinski definition) is 1. The fraction of sp³-hybridized carbons (Fsp3) is 0.0556. The predicted octanol–water partition coefficient (Wildman–Crippen LogP) is 3.27. The van der Waals surface area contributed by atoms with E-state index in [0.29, 0.717) is 11.4 Å². The molecule has 5 nitrogen and oxygen atoms in total. The molecule has 0 radical (unpaired) electrons. The summed E-state index contributed by atoms with van der Waals surface area (Å²) in [7, 11) is 1.61.